The molecule has 0 radical (unpaired) electrons. The first-order chi connectivity index (χ1) is 19.4. The van der Waals surface area contributed by atoms with E-state index in [0.29, 0.717) is 66.5 Å². The molecule has 0 aliphatic carbocycles. The number of pyridine rings is 1. The summed E-state index contributed by atoms with van der Waals surface area (Å²) in [6, 6.07) is 3.24. The molecule has 2 aromatic heterocycles. The highest BCUT2D eigenvalue weighted by atomic mass is 35.5. The standard InChI is InChI=1S/C27H30Cl2N6O5/c1-4-22(36)33-18-13-40-12-17(18)32-21-9-15-16(11-30-21)34-27(35-26(15)31-14-5-7-39-8-6-14)23-24(28)19(37-2)10-20(38-3)25(23)29/h4,9-11,14,17-18H,1,5-8,12-13H2,2-3H3,(H,30,32)(H,33,36)(H,31,34,35)/t17-,18+/m1/s1. The number of anilines is 2. The minimum absolute atomic E-state index is 0.150. The van der Waals surface area contributed by atoms with Crippen LogP contribution in [0.25, 0.3) is 22.3 Å². The maximum atomic E-state index is 11.9. The third-order valence-electron chi connectivity index (χ3n) is 6.87. The summed E-state index contributed by atoms with van der Waals surface area (Å²) in [5.74, 6) is 2.00. The van der Waals surface area contributed by atoms with Crippen molar-refractivity contribution >= 4 is 51.6 Å². The van der Waals surface area contributed by atoms with E-state index >= 15 is 0 Å². The van der Waals surface area contributed by atoms with Crippen molar-refractivity contribution in [2.45, 2.75) is 31.0 Å². The van der Waals surface area contributed by atoms with Gasteiger partial charge in [-0.3, -0.25) is 4.79 Å². The summed E-state index contributed by atoms with van der Waals surface area (Å²) in [6.45, 7) is 5.64. The minimum atomic E-state index is -0.260. The van der Waals surface area contributed by atoms with Crippen LogP contribution in [0.15, 0.2) is 31.0 Å². The van der Waals surface area contributed by atoms with Crippen molar-refractivity contribution in [3.05, 3.63) is 41.0 Å². The Bertz CT molecular complexity index is 1390. The van der Waals surface area contributed by atoms with E-state index in [-0.39, 0.29) is 34.1 Å². The van der Waals surface area contributed by atoms with Crippen LogP contribution in [0.1, 0.15) is 12.8 Å². The van der Waals surface area contributed by atoms with Crippen molar-refractivity contribution in [1.82, 2.24) is 20.3 Å². The first-order valence-electron chi connectivity index (χ1n) is 12.8. The number of rotatable bonds is 9. The lowest BCUT2D eigenvalue weighted by atomic mass is 10.1. The van der Waals surface area contributed by atoms with Crippen LogP contribution >= 0.6 is 23.2 Å². The average molecular weight is 589 g/mol. The number of carbonyl (C=O) groups is 1. The molecule has 1 aromatic carbocycles. The Labute approximate surface area is 241 Å². The van der Waals surface area contributed by atoms with E-state index in [9.17, 15) is 4.79 Å². The van der Waals surface area contributed by atoms with Gasteiger partial charge in [0, 0.05) is 30.7 Å². The molecule has 2 aliphatic heterocycles. The zero-order valence-electron chi connectivity index (χ0n) is 22.1. The normalized spacial score (nSPS) is 19.3. The maximum Gasteiger partial charge on any atom is 0.243 e. The summed E-state index contributed by atoms with van der Waals surface area (Å²) in [7, 11) is 3.03. The number of hydrogen-bond acceptors (Lipinski definition) is 10. The third-order valence-corrected chi connectivity index (χ3v) is 7.62. The zero-order valence-corrected chi connectivity index (χ0v) is 23.6. The number of fused-ring (bicyclic) bond motifs is 1. The summed E-state index contributed by atoms with van der Waals surface area (Å²) in [4.78, 5) is 26.1. The summed E-state index contributed by atoms with van der Waals surface area (Å²) < 4.78 is 22.0. The quantitative estimate of drug-likeness (QED) is 0.314. The van der Waals surface area contributed by atoms with Gasteiger partial charge in [0.25, 0.3) is 0 Å². The highest BCUT2D eigenvalue weighted by Crippen LogP contribution is 2.45. The van der Waals surface area contributed by atoms with Crippen LogP contribution in [-0.2, 0) is 14.3 Å². The second kappa shape index (κ2) is 12.4. The van der Waals surface area contributed by atoms with Gasteiger partial charge in [-0.25, -0.2) is 15.0 Å². The van der Waals surface area contributed by atoms with E-state index in [1.54, 1.807) is 12.3 Å². The maximum absolute atomic E-state index is 11.9. The van der Waals surface area contributed by atoms with E-state index < -0.39 is 0 Å². The van der Waals surface area contributed by atoms with Gasteiger partial charge in [-0.1, -0.05) is 29.8 Å². The fourth-order valence-corrected chi connectivity index (χ4v) is 5.39. The number of carbonyl (C=O) groups excluding carboxylic acids is 1. The first kappa shape index (κ1) is 28.2. The van der Waals surface area contributed by atoms with Crippen LogP contribution in [0.4, 0.5) is 11.6 Å². The van der Waals surface area contributed by atoms with Crippen molar-refractivity contribution in [3.63, 3.8) is 0 Å². The molecule has 40 heavy (non-hydrogen) atoms. The van der Waals surface area contributed by atoms with E-state index in [0.717, 1.165) is 18.2 Å². The molecule has 1 amide bonds. The molecule has 5 rings (SSSR count). The lowest BCUT2D eigenvalue weighted by molar-refractivity contribution is -0.117. The Morgan fingerprint density at radius 2 is 1.73 bits per heavy atom. The number of methoxy groups -OCH3 is 2. The molecule has 0 bridgehead atoms. The molecular formula is C27H30Cl2N6O5. The molecular weight excluding hydrogens is 559 g/mol. The van der Waals surface area contributed by atoms with E-state index in [1.807, 2.05) is 6.07 Å². The topological polar surface area (TPSA) is 129 Å². The summed E-state index contributed by atoms with van der Waals surface area (Å²) in [6.07, 6.45) is 4.55. The van der Waals surface area contributed by atoms with Gasteiger partial charge in [-0.2, -0.15) is 0 Å². The SMILES string of the molecule is C=CC(=O)N[C@H]1COC[C@H]1Nc1cc2c(NC3CCOCC3)nc(-c3c(Cl)c(OC)cc(OC)c3Cl)nc2cn1. The fourth-order valence-electron chi connectivity index (χ4n) is 4.72. The highest BCUT2D eigenvalue weighted by molar-refractivity contribution is 6.41. The van der Waals surface area contributed by atoms with Crippen LogP contribution in [0.3, 0.4) is 0 Å². The molecule has 2 atom stereocenters. The van der Waals surface area contributed by atoms with Gasteiger partial charge in [0.05, 0.1) is 66.8 Å². The molecule has 3 aromatic rings. The van der Waals surface area contributed by atoms with Crippen LogP contribution in [0.5, 0.6) is 11.5 Å². The summed E-state index contributed by atoms with van der Waals surface area (Å²) in [5, 5.41) is 11.1. The number of ether oxygens (including phenoxy) is 4. The van der Waals surface area contributed by atoms with E-state index in [4.69, 9.17) is 52.1 Å². The number of nitrogens with one attached hydrogen (secondary N) is 3. The Kier molecular flexibility index (Phi) is 8.75. The van der Waals surface area contributed by atoms with Gasteiger partial charge in [0.15, 0.2) is 5.82 Å². The Morgan fingerprint density at radius 3 is 2.40 bits per heavy atom. The summed E-state index contributed by atoms with van der Waals surface area (Å²) >= 11 is 13.4. The van der Waals surface area contributed by atoms with Crippen molar-refractivity contribution in [2.75, 3.05) is 51.3 Å². The second-order valence-electron chi connectivity index (χ2n) is 9.41. The average Bonchev–Trinajstić information content (AvgIpc) is 3.40. The summed E-state index contributed by atoms with van der Waals surface area (Å²) in [5.41, 5.74) is 0.973. The van der Waals surface area contributed by atoms with E-state index in [1.165, 1.54) is 20.3 Å². The van der Waals surface area contributed by atoms with Crippen LogP contribution in [0.2, 0.25) is 10.0 Å². The number of amides is 1. The third kappa shape index (κ3) is 5.87. The Balaban J connectivity index is 1.56. The predicted octanol–water partition coefficient (Wildman–Crippen LogP) is 4.09. The van der Waals surface area contributed by atoms with Crippen molar-refractivity contribution in [3.8, 4) is 22.9 Å². The second-order valence-corrected chi connectivity index (χ2v) is 10.2. The first-order valence-corrected chi connectivity index (χ1v) is 13.6. The van der Waals surface area contributed by atoms with Crippen molar-refractivity contribution < 1.29 is 23.7 Å². The number of halogens is 2. The number of hydrogen-bond donors (Lipinski definition) is 3. The Hall–Kier alpha value is -3.38. The largest absolute Gasteiger partial charge is 0.495 e. The monoisotopic (exact) mass is 588 g/mol. The molecule has 2 saturated heterocycles. The smallest absolute Gasteiger partial charge is 0.243 e. The molecule has 0 saturated carbocycles. The van der Waals surface area contributed by atoms with Crippen LogP contribution < -0.4 is 25.4 Å². The molecule has 0 spiro atoms. The van der Waals surface area contributed by atoms with Crippen molar-refractivity contribution in [2.24, 2.45) is 0 Å². The molecule has 2 aliphatic rings. The Morgan fingerprint density at radius 1 is 1.02 bits per heavy atom. The molecule has 4 heterocycles. The highest BCUT2D eigenvalue weighted by Gasteiger charge is 2.30. The number of aromatic nitrogens is 3. The van der Waals surface area contributed by atoms with E-state index in [2.05, 4.69) is 27.5 Å². The zero-order chi connectivity index (χ0) is 28.2. The van der Waals surface area contributed by atoms with Crippen LogP contribution in [-0.4, -0.2) is 79.6 Å². The van der Waals surface area contributed by atoms with Gasteiger partial charge >= 0.3 is 0 Å². The molecule has 11 nitrogen and oxygen atoms in total. The van der Waals surface area contributed by atoms with Crippen LogP contribution in [0, 0.1) is 0 Å². The van der Waals surface area contributed by atoms with Gasteiger partial charge < -0.3 is 34.9 Å². The lowest BCUT2D eigenvalue weighted by Crippen LogP contribution is -2.45. The van der Waals surface area contributed by atoms with Crippen molar-refractivity contribution in [1.29, 1.82) is 0 Å². The molecule has 212 valence electrons. The molecule has 3 N–H and O–H groups in total. The number of benzene rings is 1. The molecule has 0 unspecified atom stereocenters. The van der Waals surface area contributed by atoms with Gasteiger partial charge in [0.2, 0.25) is 5.91 Å². The van der Waals surface area contributed by atoms with Gasteiger partial charge in [-0.05, 0) is 25.0 Å². The predicted molar refractivity (Wildman–Crippen MR) is 154 cm³/mol. The minimum Gasteiger partial charge on any atom is -0.495 e. The molecule has 2 fully saturated rings. The number of nitrogens with zero attached hydrogens (tertiary/aromatic N) is 3. The van der Waals surface area contributed by atoms with Gasteiger partial charge in [-0.15, -0.1) is 0 Å². The fraction of sp³-hybridized carbons (Fsp3) is 0.407. The van der Waals surface area contributed by atoms with Gasteiger partial charge in [0.1, 0.15) is 23.1 Å². The lowest BCUT2D eigenvalue weighted by Gasteiger charge is -2.25. The molecule has 13 heteroatoms.